The highest BCUT2D eigenvalue weighted by atomic mass is 35.5. The van der Waals surface area contributed by atoms with Crippen molar-refractivity contribution in [1.29, 1.82) is 0 Å². The Labute approximate surface area is 187 Å². The van der Waals surface area contributed by atoms with Crippen LogP contribution in [0.4, 0.5) is 5.69 Å². The Balaban J connectivity index is 1.65. The van der Waals surface area contributed by atoms with E-state index in [-0.39, 0.29) is 23.6 Å². The SMILES string of the molecule is O=S1(=O)C[C@@H]2[C@@H](C1)N=C(SCc1ccc(Cl)cc1Cl)N2c1cc(Cl)cc(Cl)c1. The summed E-state index contributed by atoms with van der Waals surface area (Å²) in [5.41, 5.74) is 1.66. The molecule has 2 aliphatic rings. The molecule has 148 valence electrons. The first kappa shape index (κ1) is 20.6. The van der Waals surface area contributed by atoms with Crippen molar-refractivity contribution in [2.24, 2.45) is 4.99 Å². The number of rotatable bonds is 3. The van der Waals surface area contributed by atoms with Crippen LogP contribution in [0.15, 0.2) is 41.4 Å². The van der Waals surface area contributed by atoms with Gasteiger partial charge < -0.3 is 4.90 Å². The number of sulfone groups is 1. The lowest BCUT2D eigenvalue weighted by molar-refractivity contribution is 0.601. The third-order valence-corrected chi connectivity index (χ3v) is 8.34. The predicted molar refractivity (Wildman–Crippen MR) is 120 cm³/mol. The lowest BCUT2D eigenvalue weighted by Crippen LogP contribution is -2.39. The fourth-order valence-corrected chi connectivity index (χ4v) is 7.43. The first-order valence-corrected chi connectivity index (χ1v) is 12.6. The van der Waals surface area contributed by atoms with E-state index < -0.39 is 9.84 Å². The van der Waals surface area contributed by atoms with Crippen LogP contribution in [0.5, 0.6) is 0 Å². The standard InChI is InChI=1S/C18H14Cl4N2O2S2/c19-11-2-1-10(15(22)6-11)7-27-18-23-16-8-28(25,26)9-17(16)24(18)14-4-12(20)3-13(21)5-14/h1-6,16-17H,7-9H2/t16-,17-/m1/s1. The molecule has 0 radical (unpaired) electrons. The van der Waals surface area contributed by atoms with Gasteiger partial charge in [-0.05, 0) is 35.9 Å². The molecule has 0 N–H and O–H groups in total. The summed E-state index contributed by atoms with van der Waals surface area (Å²) in [7, 11) is -3.13. The highest BCUT2D eigenvalue weighted by molar-refractivity contribution is 8.13. The minimum atomic E-state index is -3.13. The summed E-state index contributed by atoms with van der Waals surface area (Å²) in [4.78, 5) is 6.63. The number of benzene rings is 2. The molecule has 28 heavy (non-hydrogen) atoms. The molecule has 2 aromatic carbocycles. The van der Waals surface area contributed by atoms with E-state index >= 15 is 0 Å². The van der Waals surface area contributed by atoms with Gasteiger partial charge in [0.1, 0.15) is 0 Å². The van der Waals surface area contributed by atoms with Gasteiger partial charge in [-0.15, -0.1) is 0 Å². The van der Waals surface area contributed by atoms with Gasteiger partial charge in [-0.25, -0.2) is 8.42 Å². The minimum Gasteiger partial charge on any atom is -0.315 e. The normalized spacial score (nSPS) is 23.0. The van der Waals surface area contributed by atoms with Crippen molar-refractivity contribution < 1.29 is 8.42 Å². The summed E-state index contributed by atoms with van der Waals surface area (Å²) in [6.45, 7) is 0. The third-order valence-electron chi connectivity index (χ3n) is 4.60. The van der Waals surface area contributed by atoms with Crippen molar-refractivity contribution in [2.75, 3.05) is 16.4 Å². The van der Waals surface area contributed by atoms with Gasteiger partial charge in [-0.1, -0.05) is 64.2 Å². The van der Waals surface area contributed by atoms with Crippen LogP contribution in [0.25, 0.3) is 0 Å². The molecule has 4 rings (SSSR count). The molecule has 0 amide bonds. The molecule has 1 fully saturated rings. The molecule has 2 aliphatic heterocycles. The lowest BCUT2D eigenvalue weighted by Gasteiger charge is -2.27. The van der Waals surface area contributed by atoms with Gasteiger partial charge in [0.2, 0.25) is 0 Å². The predicted octanol–water partition coefficient (Wildman–Crippen LogP) is 5.58. The van der Waals surface area contributed by atoms with E-state index in [1.807, 2.05) is 11.0 Å². The highest BCUT2D eigenvalue weighted by Gasteiger charge is 2.47. The van der Waals surface area contributed by atoms with Crippen LogP contribution in [0.1, 0.15) is 5.56 Å². The van der Waals surface area contributed by atoms with Crippen LogP contribution in [0.3, 0.4) is 0 Å². The Kier molecular flexibility index (Phi) is 5.82. The Morgan fingerprint density at radius 2 is 1.71 bits per heavy atom. The summed E-state index contributed by atoms with van der Waals surface area (Å²) in [6, 6.07) is 9.98. The molecule has 0 aliphatic carbocycles. The van der Waals surface area contributed by atoms with Crippen LogP contribution in [0.2, 0.25) is 20.1 Å². The van der Waals surface area contributed by atoms with E-state index in [9.17, 15) is 8.42 Å². The van der Waals surface area contributed by atoms with E-state index in [0.29, 0.717) is 25.8 Å². The quantitative estimate of drug-likeness (QED) is 0.558. The van der Waals surface area contributed by atoms with Gasteiger partial charge in [-0.2, -0.15) is 0 Å². The van der Waals surface area contributed by atoms with Crippen LogP contribution >= 0.6 is 58.2 Å². The van der Waals surface area contributed by atoms with Crippen LogP contribution in [-0.4, -0.2) is 37.2 Å². The zero-order valence-electron chi connectivity index (χ0n) is 14.3. The summed E-state index contributed by atoms with van der Waals surface area (Å²) in [5.74, 6) is 0.678. The third kappa shape index (κ3) is 4.27. The fourth-order valence-electron chi connectivity index (χ4n) is 3.39. The van der Waals surface area contributed by atoms with E-state index in [1.165, 1.54) is 11.8 Å². The average Bonchev–Trinajstić information content (AvgIpc) is 3.04. The Hall–Kier alpha value is -0.630. The number of fused-ring (bicyclic) bond motifs is 1. The van der Waals surface area contributed by atoms with Crippen molar-refractivity contribution in [3.8, 4) is 0 Å². The number of hydrogen-bond acceptors (Lipinski definition) is 5. The van der Waals surface area contributed by atoms with Gasteiger partial charge in [0.15, 0.2) is 15.0 Å². The van der Waals surface area contributed by atoms with Crippen LogP contribution in [0, 0.1) is 0 Å². The maximum Gasteiger partial charge on any atom is 0.164 e. The minimum absolute atomic E-state index is 0.0498. The molecule has 0 bridgehead atoms. The lowest BCUT2D eigenvalue weighted by atomic mass is 10.1. The van der Waals surface area contributed by atoms with Crippen LogP contribution in [-0.2, 0) is 15.6 Å². The second-order valence-corrected chi connectivity index (χ2v) is 11.5. The summed E-state index contributed by atoms with van der Waals surface area (Å²) in [6.07, 6.45) is 0. The van der Waals surface area contributed by atoms with Crippen molar-refractivity contribution in [1.82, 2.24) is 0 Å². The molecule has 0 unspecified atom stereocenters. The fraction of sp³-hybridized carbons (Fsp3) is 0.278. The molecule has 4 nitrogen and oxygen atoms in total. The Bertz CT molecular complexity index is 1060. The number of hydrogen-bond donors (Lipinski definition) is 0. The Morgan fingerprint density at radius 3 is 2.39 bits per heavy atom. The second kappa shape index (κ2) is 7.89. The average molecular weight is 496 g/mol. The Morgan fingerprint density at radius 1 is 1.00 bits per heavy atom. The van der Waals surface area contributed by atoms with Gasteiger partial charge in [0.25, 0.3) is 0 Å². The van der Waals surface area contributed by atoms with E-state index in [0.717, 1.165) is 16.4 Å². The number of nitrogens with zero attached hydrogens (tertiary/aromatic N) is 2. The number of halogens is 4. The van der Waals surface area contributed by atoms with Gasteiger partial charge in [-0.3, -0.25) is 4.99 Å². The molecule has 2 heterocycles. The molecule has 10 heteroatoms. The maximum absolute atomic E-state index is 12.1. The number of amidine groups is 1. The second-order valence-electron chi connectivity index (χ2n) is 6.65. The van der Waals surface area contributed by atoms with E-state index in [2.05, 4.69) is 0 Å². The molecular weight excluding hydrogens is 482 g/mol. The number of aliphatic imine (C=N–C) groups is 1. The smallest absolute Gasteiger partial charge is 0.164 e. The number of anilines is 1. The van der Waals surface area contributed by atoms with E-state index in [1.54, 1.807) is 30.3 Å². The molecule has 0 saturated carbocycles. The maximum atomic E-state index is 12.1. The molecule has 1 saturated heterocycles. The van der Waals surface area contributed by atoms with E-state index in [4.69, 9.17) is 51.4 Å². The van der Waals surface area contributed by atoms with Crippen molar-refractivity contribution in [3.05, 3.63) is 62.1 Å². The molecule has 2 aromatic rings. The summed E-state index contributed by atoms with van der Waals surface area (Å²) >= 11 is 26.1. The zero-order valence-corrected chi connectivity index (χ0v) is 18.9. The molecule has 0 aromatic heterocycles. The van der Waals surface area contributed by atoms with Crippen LogP contribution < -0.4 is 4.90 Å². The largest absolute Gasteiger partial charge is 0.315 e. The van der Waals surface area contributed by atoms with Gasteiger partial charge in [0, 0.05) is 31.5 Å². The van der Waals surface area contributed by atoms with Crippen molar-refractivity contribution >= 4 is 78.9 Å². The van der Waals surface area contributed by atoms with Crippen molar-refractivity contribution in [3.63, 3.8) is 0 Å². The first-order chi connectivity index (χ1) is 13.2. The molecular formula is C18H14Cl4N2O2S2. The zero-order chi connectivity index (χ0) is 20.1. The highest BCUT2D eigenvalue weighted by Crippen LogP contribution is 2.38. The van der Waals surface area contributed by atoms with Gasteiger partial charge >= 0.3 is 0 Å². The molecule has 2 atom stereocenters. The van der Waals surface area contributed by atoms with Crippen molar-refractivity contribution in [2.45, 2.75) is 17.8 Å². The summed E-state index contributed by atoms with van der Waals surface area (Å²) < 4.78 is 24.3. The monoisotopic (exact) mass is 494 g/mol. The van der Waals surface area contributed by atoms with Gasteiger partial charge in [0.05, 0.1) is 23.6 Å². The number of thioether (sulfide) groups is 1. The molecule has 0 spiro atoms. The summed E-state index contributed by atoms with van der Waals surface area (Å²) in [5, 5.41) is 2.86. The topological polar surface area (TPSA) is 49.7 Å². The first-order valence-electron chi connectivity index (χ1n) is 8.32.